The third-order valence-electron chi connectivity index (χ3n) is 3.11. The lowest BCUT2D eigenvalue weighted by Gasteiger charge is -2.19. The third kappa shape index (κ3) is 3.73. The smallest absolute Gasteiger partial charge is 0.142 e. The largest absolute Gasteiger partial charge is 0.489 e. The van der Waals surface area contributed by atoms with E-state index in [-0.39, 0.29) is 10.4 Å². The van der Waals surface area contributed by atoms with E-state index in [9.17, 15) is 4.39 Å². The van der Waals surface area contributed by atoms with Gasteiger partial charge in [-0.25, -0.2) is 4.39 Å². The second-order valence-corrected chi connectivity index (χ2v) is 6.22. The molecule has 0 bridgehead atoms. The van der Waals surface area contributed by atoms with Crippen LogP contribution in [0.2, 0.25) is 5.02 Å². The maximum Gasteiger partial charge on any atom is 0.142 e. The standard InChI is InChI=1S/C17H18ClFO/c1-17(2,3)13-5-7-14(8-6-13)20-11-12-4-9-15(18)16(19)10-12/h4-10H,11H2,1-3H3. The maximum absolute atomic E-state index is 13.3. The van der Waals surface area contributed by atoms with Crippen molar-refractivity contribution in [1.29, 1.82) is 0 Å². The Kier molecular flexibility index (Phi) is 4.34. The van der Waals surface area contributed by atoms with Gasteiger partial charge in [0.15, 0.2) is 0 Å². The monoisotopic (exact) mass is 292 g/mol. The molecule has 0 aliphatic heterocycles. The lowest BCUT2D eigenvalue weighted by atomic mass is 9.87. The van der Waals surface area contributed by atoms with Crippen molar-refractivity contribution in [3.63, 3.8) is 0 Å². The van der Waals surface area contributed by atoms with E-state index in [1.54, 1.807) is 6.07 Å². The Morgan fingerprint density at radius 2 is 1.70 bits per heavy atom. The first-order valence-electron chi connectivity index (χ1n) is 6.53. The van der Waals surface area contributed by atoms with E-state index in [1.165, 1.54) is 17.7 Å². The molecule has 3 heteroatoms. The number of rotatable bonds is 3. The molecule has 0 aliphatic rings. The van der Waals surface area contributed by atoms with E-state index in [0.717, 1.165) is 11.3 Å². The van der Waals surface area contributed by atoms with Gasteiger partial charge in [0.25, 0.3) is 0 Å². The highest BCUT2D eigenvalue weighted by Crippen LogP contribution is 2.24. The van der Waals surface area contributed by atoms with Crippen LogP contribution in [0.25, 0.3) is 0 Å². The Labute approximate surface area is 124 Å². The van der Waals surface area contributed by atoms with Crippen LogP contribution in [-0.4, -0.2) is 0 Å². The van der Waals surface area contributed by atoms with Gasteiger partial charge in [-0.05, 0) is 40.8 Å². The predicted octanol–water partition coefficient (Wildman–Crippen LogP) is 5.36. The number of ether oxygens (including phenoxy) is 1. The molecule has 0 fully saturated rings. The summed E-state index contributed by atoms with van der Waals surface area (Å²) >= 11 is 5.64. The first-order chi connectivity index (χ1) is 9.36. The topological polar surface area (TPSA) is 9.23 Å². The molecule has 0 radical (unpaired) electrons. The van der Waals surface area contributed by atoms with Gasteiger partial charge in [0.1, 0.15) is 18.2 Å². The van der Waals surface area contributed by atoms with Crippen LogP contribution in [0.3, 0.4) is 0 Å². The average molecular weight is 293 g/mol. The second-order valence-electron chi connectivity index (χ2n) is 5.81. The van der Waals surface area contributed by atoms with Crippen molar-refractivity contribution in [1.82, 2.24) is 0 Å². The predicted molar refractivity (Wildman–Crippen MR) is 80.9 cm³/mol. The Morgan fingerprint density at radius 3 is 2.25 bits per heavy atom. The Hall–Kier alpha value is -1.54. The number of benzene rings is 2. The minimum Gasteiger partial charge on any atom is -0.489 e. The van der Waals surface area contributed by atoms with Crippen LogP contribution in [0.15, 0.2) is 42.5 Å². The van der Waals surface area contributed by atoms with Gasteiger partial charge in [-0.3, -0.25) is 0 Å². The van der Waals surface area contributed by atoms with Gasteiger partial charge in [0.05, 0.1) is 5.02 Å². The van der Waals surface area contributed by atoms with Crippen molar-refractivity contribution in [3.05, 3.63) is 64.4 Å². The molecule has 0 saturated carbocycles. The fourth-order valence-corrected chi connectivity index (χ4v) is 1.96. The van der Waals surface area contributed by atoms with Gasteiger partial charge in [-0.1, -0.05) is 50.6 Å². The van der Waals surface area contributed by atoms with Crippen molar-refractivity contribution < 1.29 is 9.13 Å². The molecule has 0 heterocycles. The third-order valence-corrected chi connectivity index (χ3v) is 3.42. The molecule has 0 aliphatic carbocycles. The lowest BCUT2D eigenvalue weighted by Crippen LogP contribution is -2.10. The van der Waals surface area contributed by atoms with Crippen molar-refractivity contribution in [2.45, 2.75) is 32.8 Å². The fourth-order valence-electron chi connectivity index (χ4n) is 1.85. The molecule has 2 rings (SSSR count). The van der Waals surface area contributed by atoms with Crippen LogP contribution in [-0.2, 0) is 12.0 Å². The summed E-state index contributed by atoms with van der Waals surface area (Å²) in [6, 6.07) is 12.7. The summed E-state index contributed by atoms with van der Waals surface area (Å²) < 4.78 is 18.9. The minimum atomic E-state index is -0.421. The maximum atomic E-state index is 13.3. The molecular weight excluding hydrogens is 275 g/mol. The summed E-state index contributed by atoms with van der Waals surface area (Å²) in [5.74, 6) is 0.351. The molecule has 0 saturated heterocycles. The molecule has 2 aromatic carbocycles. The van der Waals surface area contributed by atoms with Gasteiger partial charge >= 0.3 is 0 Å². The molecule has 0 atom stereocenters. The summed E-state index contributed by atoms with van der Waals surface area (Å²) in [6.07, 6.45) is 0. The van der Waals surface area contributed by atoms with Gasteiger partial charge in [0.2, 0.25) is 0 Å². The zero-order valence-electron chi connectivity index (χ0n) is 11.9. The van der Waals surface area contributed by atoms with Crippen LogP contribution in [0.1, 0.15) is 31.9 Å². The van der Waals surface area contributed by atoms with Crippen LogP contribution >= 0.6 is 11.6 Å². The van der Waals surface area contributed by atoms with Crippen LogP contribution in [0.4, 0.5) is 4.39 Å². The highest BCUT2D eigenvalue weighted by molar-refractivity contribution is 6.30. The zero-order chi connectivity index (χ0) is 14.8. The van der Waals surface area contributed by atoms with E-state index in [0.29, 0.717) is 6.61 Å². The number of hydrogen-bond donors (Lipinski definition) is 0. The van der Waals surface area contributed by atoms with E-state index in [1.807, 2.05) is 12.1 Å². The van der Waals surface area contributed by atoms with Crippen molar-refractivity contribution in [2.75, 3.05) is 0 Å². The Balaban J connectivity index is 2.02. The Bertz CT molecular complexity index is 585. The Morgan fingerprint density at radius 1 is 1.05 bits per heavy atom. The first-order valence-corrected chi connectivity index (χ1v) is 6.91. The summed E-state index contributed by atoms with van der Waals surface area (Å²) in [5, 5.41) is 0.128. The van der Waals surface area contributed by atoms with E-state index in [4.69, 9.17) is 16.3 Å². The highest BCUT2D eigenvalue weighted by Gasteiger charge is 2.12. The summed E-state index contributed by atoms with van der Waals surface area (Å²) in [7, 11) is 0. The zero-order valence-corrected chi connectivity index (χ0v) is 12.7. The highest BCUT2D eigenvalue weighted by atomic mass is 35.5. The molecule has 20 heavy (non-hydrogen) atoms. The fraction of sp³-hybridized carbons (Fsp3) is 0.294. The first kappa shape index (κ1) is 14.9. The minimum absolute atomic E-state index is 0.123. The molecule has 106 valence electrons. The molecule has 0 aromatic heterocycles. The molecule has 0 spiro atoms. The summed E-state index contributed by atoms with van der Waals surface area (Å²) in [6.45, 7) is 6.82. The number of hydrogen-bond acceptors (Lipinski definition) is 1. The molecule has 2 aromatic rings. The van der Waals surface area contributed by atoms with Crippen molar-refractivity contribution >= 4 is 11.6 Å². The van der Waals surface area contributed by atoms with Crippen molar-refractivity contribution in [3.8, 4) is 5.75 Å². The molecule has 0 unspecified atom stereocenters. The SMILES string of the molecule is CC(C)(C)c1ccc(OCc2ccc(Cl)c(F)c2)cc1. The molecule has 0 N–H and O–H groups in total. The summed E-state index contributed by atoms with van der Waals surface area (Å²) in [5.41, 5.74) is 2.13. The van der Waals surface area contributed by atoms with Crippen LogP contribution < -0.4 is 4.74 Å². The van der Waals surface area contributed by atoms with E-state index in [2.05, 4.69) is 32.9 Å². The summed E-state index contributed by atoms with van der Waals surface area (Å²) in [4.78, 5) is 0. The lowest BCUT2D eigenvalue weighted by molar-refractivity contribution is 0.305. The van der Waals surface area contributed by atoms with E-state index < -0.39 is 5.82 Å². The van der Waals surface area contributed by atoms with Gasteiger partial charge in [-0.15, -0.1) is 0 Å². The average Bonchev–Trinajstić information content (AvgIpc) is 2.40. The normalized spacial score (nSPS) is 11.4. The second kappa shape index (κ2) is 5.84. The molecular formula is C17H18ClFO. The van der Waals surface area contributed by atoms with Gasteiger partial charge < -0.3 is 4.74 Å². The van der Waals surface area contributed by atoms with Crippen molar-refractivity contribution in [2.24, 2.45) is 0 Å². The molecule has 0 amide bonds. The van der Waals surface area contributed by atoms with Gasteiger partial charge in [-0.2, -0.15) is 0 Å². The molecule has 1 nitrogen and oxygen atoms in total. The quantitative estimate of drug-likeness (QED) is 0.740. The number of halogens is 2. The van der Waals surface area contributed by atoms with Crippen LogP contribution in [0.5, 0.6) is 5.75 Å². The van der Waals surface area contributed by atoms with Crippen LogP contribution in [0, 0.1) is 5.82 Å². The van der Waals surface area contributed by atoms with E-state index >= 15 is 0 Å². The van der Waals surface area contributed by atoms with Gasteiger partial charge in [0, 0.05) is 0 Å².